The first kappa shape index (κ1) is 16.0. The zero-order valence-corrected chi connectivity index (χ0v) is 13.9. The van der Waals surface area contributed by atoms with Crippen LogP contribution in [0.5, 0.6) is 5.75 Å². The quantitative estimate of drug-likeness (QED) is 0.844. The third-order valence-electron chi connectivity index (χ3n) is 3.73. The van der Waals surface area contributed by atoms with Crippen molar-refractivity contribution < 1.29 is 14.3 Å². The van der Waals surface area contributed by atoms with Gasteiger partial charge in [-0.3, -0.25) is 4.79 Å². The molecule has 1 saturated heterocycles. The van der Waals surface area contributed by atoms with Gasteiger partial charge in [-0.25, -0.2) is 4.98 Å². The van der Waals surface area contributed by atoms with Gasteiger partial charge in [-0.1, -0.05) is 18.2 Å². The number of hydrogen-bond donors (Lipinski definition) is 0. The Hall–Kier alpha value is -1.92. The van der Waals surface area contributed by atoms with Crippen molar-refractivity contribution in [2.45, 2.75) is 26.0 Å². The largest absolute Gasteiger partial charge is 0.486 e. The first-order valence-electron chi connectivity index (χ1n) is 7.70. The maximum atomic E-state index is 12.4. The second kappa shape index (κ2) is 7.57. The summed E-state index contributed by atoms with van der Waals surface area (Å²) >= 11 is 1.53. The van der Waals surface area contributed by atoms with E-state index in [9.17, 15) is 4.79 Å². The SMILES string of the molecule is CC1COCCN1C(=O)Cc1csc(COc2ccccc2)n1. The molecule has 1 aromatic heterocycles. The van der Waals surface area contributed by atoms with Gasteiger partial charge in [0.05, 0.1) is 31.4 Å². The summed E-state index contributed by atoms with van der Waals surface area (Å²) in [6.45, 7) is 4.32. The van der Waals surface area contributed by atoms with Crippen molar-refractivity contribution in [3.63, 3.8) is 0 Å². The van der Waals surface area contributed by atoms with E-state index in [-0.39, 0.29) is 11.9 Å². The molecular formula is C17H20N2O3S. The molecule has 6 heteroatoms. The maximum Gasteiger partial charge on any atom is 0.229 e. The third-order valence-corrected chi connectivity index (χ3v) is 4.60. The first-order chi connectivity index (χ1) is 11.2. The normalized spacial score (nSPS) is 18.0. The molecule has 0 spiro atoms. The van der Waals surface area contributed by atoms with E-state index in [0.29, 0.717) is 32.8 Å². The second-order valence-corrected chi connectivity index (χ2v) is 6.46. The summed E-state index contributed by atoms with van der Waals surface area (Å²) in [5.41, 5.74) is 0.811. The Morgan fingerprint density at radius 2 is 2.26 bits per heavy atom. The monoisotopic (exact) mass is 332 g/mol. The molecule has 0 N–H and O–H groups in total. The van der Waals surface area contributed by atoms with Gasteiger partial charge in [-0.05, 0) is 19.1 Å². The van der Waals surface area contributed by atoms with E-state index in [2.05, 4.69) is 4.98 Å². The van der Waals surface area contributed by atoms with Gasteiger partial charge >= 0.3 is 0 Å². The molecule has 0 aliphatic carbocycles. The number of amides is 1. The number of rotatable bonds is 5. The van der Waals surface area contributed by atoms with Crippen LogP contribution in [0.2, 0.25) is 0 Å². The Morgan fingerprint density at radius 3 is 3.04 bits per heavy atom. The fourth-order valence-electron chi connectivity index (χ4n) is 2.51. The van der Waals surface area contributed by atoms with Crippen LogP contribution in [0.3, 0.4) is 0 Å². The molecule has 1 aromatic carbocycles. The minimum absolute atomic E-state index is 0.113. The lowest BCUT2D eigenvalue weighted by Gasteiger charge is -2.33. The van der Waals surface area contributed by atoms with Crippen molar-refractivity contribution in [3.8, 4) is 5.75 Å². The molecule has 1 aliphatic rings. The summed E-state index contributed by atoms with van der Waals surface area (Å²) in [5, 5.41) is 2.82. The molecule has 23 heavy (non-hydrogen) atoms. The molecule has 5 nitrogen and oxygen atoms in total. The Kier molecular flexibility index (Phi) is 5.25. The minimum Gasteiger partial charge on any atom is -0.486 e. The second-order valence-electron chi connectivity index (χ2n) is 5.52. The van der Waals surface area contributed by atoms with Gasteiger partial charge in [0.25, 0.3) is 0 Å². The lowest BCUT2D eigenvalue weighted by atomic mass is 10.2. The molecule has 2 heterocycles. The van der Waals surface area contributed by atoms with Crippen LogP contribution in [-0.4, -0.2) is 41.6 Å². The van der Waals surface area contributed by atoms with Crippen LogP contribution in [0.4, 0.5) is 0 Å². The molecule has 0 bridgehead atoms. The summed E-state index contributed by atoms with van der Waals surface area (Å²) in [6.07, 6.45) is 0.339. The Balaban J connectivity index is 1.53. The summed E-state index contributed by atoms with van der Waals surface area (Å²) < 4.78 is 11.0. The van der Waals surface area contributed by atoms with Crippen molar-refractivity contribution in [1.82, 2.24) is 9.88 Å². The van der Waals surface area contributed by atoms with E-state index in [0.717, 1.165) is 16.5 Å². The van der Waals surface area contributed by atoms with Crippen molar-refractivity contribution in [1.29, 1.82) is 0 Å². The molecule has 2 aromatic rings. The topological polar surface area (TPSA) is 51.7 Å². The third kappa shape index (κ3) is 4.30. The number of hydrogen-bond acceptors (Lipinski definition) is 5. The van der Waals surface area contributed by atoms with Crippen molar-refractivity contribution in [3.05, 3.63) is 46.4 Å². The van der Waals surface area contributed by atoms with Crippen molar-refractivity contribution in [2.24, 2.45) is 0 Å². The van der Waals surface area contributed by atoms with Gasteiger partial charge in [0.15, 0.2) is 0 Å². The molecule has 1 fully saturated rings. The van der Waals surface area contributed by atoms with E-state index < -0.39 is 0 Å². The smallest absolute Gasteiger partial charge is 0.229 e. The van der Waals surface area contributed by atoms with Gasteiger partial charge in [0, 0.05) is 11.9 Å². The van der Waals surface area contributed by atoms with E-state index >= 15 is 0 Å². The predicted octanol–water partition coefficient (Wildman–Crippen LogP) is 2.51. The lowest BCUT2D eigenvalue weighted by molar-refractivity contribution is -0.138. The molecule has 0 radical (unpaired) electrons. The van der Waals surface area contributed by atoms with Crippen LogP contribution in [0.25, 0.3) is 0 Å². The van der Waals surface area contributed by atoms with Crippen LogP contribution in [0.1, 0.15) is 17.6 Å². The summed E-state index contributed by atoms with van der Waals surface area (Å²) in [6, 6.07) is 9.79. The fraction of sp³-hybridized carbons (Fsp3) is 0.412. The predicted molar refractivity (Wildman–Crippen MR) is 88.6 cm³/mol. The summed E-state index contributed by atoms with van der Waals surface area (Å²) in [5.74, 6) is 0.934. The number of morpholine rings is 1. The Bertz CT molecular complexity index is 644. The average molecular weight is 332 g/mol. The van der Waals surface area contributed by atoms with Crippen LogP contribution in [0, 0.1) is 0 Å². The number of para-hydroxylation sites is 1. The van der Waals surface area contributed by atoms with Crippen LogP contribution in [0.15, 0.2) is 35.7 Å². The van der Waals surface area contributed by atoms with E-state index in [1.165, 1.54) is 11.3 Å². The molecule has 1 amide bonds. The van der Waals surface area contributed by atoms with Gasteiger partial charge in [0.2, 0.25) is 5.91 Å². The number of aromatic nitrogens is 1. The number of nitrogens with zero attached hydrogens (tertiary/aromatic N) is 2. The van der Waals surface area contributed by atoms with Crippen molar-refractivity contribution in [2.75, 3.05) is 19.8 Å². The molecule has 3 rings (SSSR count). The fourth-order valence-corrected chi connectivity index (χ4v) is 3.22. The van der Waals surface area contributed by atoms with Crippen LogP contribution < -0.4 is 4.74 Å². The molecule has 1 aliphatic heterocycles. The van der Waals surface area contributed by atoms with Gasteiger partial charge in [0.1, 0.15) is 17.4 Å². The molecule has 0 saturated carbocycles. The average Bonchev–Trinajstić information content (AvgIpc) is 3.02. The highest BCUT2D eigenvalue weighted by Gasteiger charge is 2.24. The van der Waals surface area contributed by atoms with Crippen LogP contribution in [-0.2, 0) is 22.6 Å². The standard InChI is InChI=1S/C17H20N2O3S/c1-13-10-21-8-7-19(13)17(20)9-14-12-23-16(18-14)11-22-15-5-3-2-4-6-15/h2-6,12-13H,7-11H2,1H3. The van der Waals surface area contributed by atoms with E-state index in [4.69, 9.17) is 9.47 Å². The number of ether oxygens (including phenoxy) is 2. The highest BCUT2D eigenvalue weighted by Crippen LogP contribution is 2.16. The molecule has 1 unspecified atom stereocenters. The highest BCUT2D eigenvalue weighted by atomic mass is 32.1. The van der Waals surface area contributed by atoms with Gasteiger partial charge < -0.3 is 14.4 Å². The molecule has 1 atom stereocenters. The lowest BCUT2D eigenvalue weighted by Crippen LogP contribution is -2.47. The van der Waals surface area contributed by atoms with E-state index in [1.807, 2.05) is 47.5 Å². The number of carbonyl (C=O) groups excluding carboxylic acids is 1. The van der Waals surface area contributed by atoms with Crippen molar-refractivity contribution >= 4 is 17.2 Å². The molecular weight excluding hydrogens is 312 g/mol. The zero-order valence-electron chi connectivity index (χ0n) is 13.1. The minimum atomic E-state index is 0.113. The number of thiazole rings is 1. The molecule has 122 valence electrons. The van der Waals surface area contributed by atoms with Crippen LogP contribution >= 0.6 is 11.3 Å². The number of carbonyl (C=O) groups is 1. The first-order valence-corrected chi connectivity index (χ1v) is 8.58. The summed E-state index contributed by atoms with van der Waals surface area (Å²) in [4.78, 5) is 18.7. The van der Waals surface area contributed by atoms with Gasteiger partial charge in [-0.15, -0.1) is 11.3 Å². The summed E-state index contributed by atoms with van der Waals surface area (Å²) in [7, 11) is 0. The highest BCUT2D eigenvalue weighted by molar-refractivity contribution is 7.09. The Morgan fingerprint density at radius 1 is 1.43 bits per heavy atom. The van der Waals surface area contributed by atoms with E-state index in [1.54, 1.807) is 0 Å². The number of benzene rings is 1. The van der Waals surface area contributed by atoms with Gasteiger partial charge in [-0.2, -0.15) is 0 Å². The Labute approximate surface area is 139 Å². The maximum absolute atomic E-state index is 12.4. The zero-order chi connectivity index (χ0) is 16.1.